The first-order valence-corrected chi connectivity index (χ1v) is 2.39. The van der Waals surface area contributed by atoms with E-state index in [4.69, 9.17) is 9.84 Å². The maximum Gasteiger partial charge on any atom is 0.0799 e. The lowest BCUT2D eigenvalue weighted by Gasteiger charge is -2.10. The molecule has 0 fully saturated rings. The molecule has 0 rings (SSSR count). The first kappa shape index (κ1) is 6.92. The molecule has 2 heteroatoms. The minimum absolute atomic E-state index is 0.0417. The predicted octanol–water partition coefficient (Wildman–Crippen LogP) is 0.402. The van der Waals surface area contributed by atoms with Crippen molar-refractivity contribution in [2.24, 2.45) is 0 Å². The fourth-order valence-corrected chi connectivity index (χ4v) is 0.197. The van der Waals surface area contributed by atoms with E-state index in [0.717, 1.165) is 0 Å². The summed E-state index contributed by atoms with van der Waals surface area (Å²) in [7, 11) is 1.58. The molecule has 0 amide bonds. The van der Waals surface area contributed by atoms with Gasteiger partial charge in [-0.1, -0.05) is 0 Å². The zero-order chi connectivity index (χ0) is 5.86. The van der Waals surface area contributed by atoms with Crippen LogP contribution in [-0.4, -0.2) is 24.4 Å². The lowest BCUT2D eigenvalue weighted by Crippen LogP contribution is -2.20. The van der Waals surface area contributed by atoms with E-state index < -0.39 is 0 Å². The Morgan fingerprint density at radius 3 is 1.86 bits per heavy atom. The minimum Gasteiger partial charge on any atom is -0.391 e. The molecule has 1 N–H and O–H groups in total. The smallest absolute Gasteiger partial charge is 0.0799 e. The van der Waals surface area contributed by atoms with Gasteiger partial charge in [-0.2, -0.15) is 0 Å². The maximum atomic E-state index is 8.70. The van der Waals surface area contributed by atoms with E-state index in [2.05, 4.69) is 0 Å². The van der Waals surface area contributed by atoms with Gasteiger partial charge in [-0.25, -0.2) is 0 Å². The van der Waals surface area contributed by atoms with Gasteiger partial charge in [-0.15, -0.1) is 0 Å². The van der Waals surface area contributed by atoms with Gasteiger partial charge < -0.3 is 9.84 Å². The van der Waals surface area contributed by atoms with Gasteiger partial charge in [-0.05, 0) is 13.8 Å². The summed E-state index contributed by atoms with van der Waals surface area (Å²) in [6.07, 6.45) is -0.398. The van der Waals surface area contributed by atoms with E-state index in [1.165, 1.54) is 0 Å². The predicted molar refractivity (Wildman–Crippen MR) is 28.2 cm³/mol. The van der Waals surface area contributed by atoms with E-state index in [9.17, 15) is 0 Å². The zero-order valence-corrected chi connectivity index (χ0v) is 5.01. The first-order valence-electron chi connectivity index (χ1n) is 2.39. The van der Waals surface area contributed by atoms with Gasteiger partial charge in [0.25, 0.3) is 0 Å². The molecule has 0 unspecified atom stereocenters. The third kappa shape index (κ3) is 2.60. The lowest BCUT2D eigenvalue weighted by atomic mass is 10.3. The highest BCUT2D eigenvalue weighted by molar-refractivity contribution is 4.53. The van der Waals surface area contributed by atoms with E-state index >= 15 is 0 Å². The molecule has 0 saturated heterocycles. The molecule has 0 spiro atoms. The van der Waals surface area contributed by atoms with Crippen LogP contribution in [0.25, 0.3) is 0 Å². The van der Waals surface area contributed by atoms with Crippen molar-refractivity contribution in [1.82, 2.24) is 0 Å². The normalized spacial score (nSPS) is 18.9. The Bertz CT molecular complexity index is 43.3. The molecule has 0 aromatic carbocycles. The van der Waals surface area contributed by atoms with Crippen LogP contribution in [0.3, 0.4) is 0 Å². The molecule has 0 aliphatic rings. The van der Waals surface area contributed by atoms with Gasteiger partial charge in [0, 0.05) is 7.11 Å². The number of aliphatic hydroxyl groups excluding tert-OH is 1. The summed E-state index contributed by atoms with van der Waals surface area (Å²) < 4.78 is 4.76. The molecular weight excluding hydrogens is 92.1 g/mol. The van der Waals surface area contributed by atoms with Gasteiger partial charge in [0.1, 0.15) is 0 Å². The van der Waals surface area contributed by atoms with Crippen LogP contribution in [0, 0.1) is 0 Å². The van der Waals surface area contributed by atoms with Crippen LogP contribution in [0.15, 0.2) is 0 Å². The second-order valence-electron chi connectivity index (χ2n) is 1.68. The third-order valence-corrected chi connectivity index (χ3v) is 1.05. The number of hydrogen-bond acceptors (Lipinski definition) is 2. The Balaban J connectivity index is 3.14. The summed E-state index contributed by atoms with van der Waals surface area (Å²) in [6.45, 7) is 3.53. The summed E-state index contributed by atoms with van der Waals surface area (Å²) in [6, 6.07) is 0. The van der Waals surface area contributed by atoms with Crippen molar-refractivity contribution in [3.05, 3.63) is 0 Å². The maximum absolute atomic E-state index is 8.70. The highest BCUT2D eigenvalue weighted by Crippen LogP contribution is 1.92. The molecule has 0 aliphatic heterocycles. The van der Waals surface area contributed by atoms with E-state index in [1.54, 1.807) is 14.0 Å². The molecule has 0 bridgehead atoms. The van der Waals surface area contributed by atoms with E-state index in [-0.39, 0.29) is 12.2 Å². The highest BCUT2D eigenvalue weighted by Gasteiger charge is 2.03. The highest BCUT2D eigenvalue weighted by atomic mass is 16.5. The van der Waals surface area contributed by atoms with Gasteiger partial charge in [0.15, 0.2) is 0 Å². The molecule has 2 atom stereocenters. The van der Waals surface area contributed by atoms with Gasteiger partial charge >= 0.3 is 0 Å². The Labute approximate surface area is 44.1 Å². The van der Waals surface area contributed by atoms with Crippen molar-refractivity contribution in [3.8, 4) is 0 Å². The minimum atomic E-state index is -0.356. The fourth-order valence-electron chi connectivity index (χ4n) is 0.197. The van der Waals surface area contributed by atoms with Gasteiger partial charge in [-0.3, -0.25) is 0 Å². The quantitative estimate of drug-likeness (QED) is 0.549. The molecule has 44 valence electrons. The topological polar surface area (TPSA) is 29.5 Å². The Kier molecular flexibility index (Phi) is 2.96. The van der Waals surface area contributed by atoms with Crippen LogP contribution in [0.2, 0.25) is 0 Å². The largest absolute Gasteiger partial charge is 0.391 e. The molecular formula is C5H12O2. The fraction of sp³-hybridized carbons (Fsp3) is 1.00. The third-order valence-electron chi connectivity index (χ3n) is 1.05. The Morgan fingerprint density at radius 2 is 1.86 bits per heavy atom. The van der Waals surface area contributed by atoms with Crippen molar-refractivity contribution in [2.45, 2.75) is 26.1 Å². The molecule has 7 heavy (non-hydrogen) atoms. The lowest BCUT2D eigenvalue weighted by molar-refractivity contribution is 0.00997. The molecule has 0 aromatic rings. The molecule has 0 aliphatic carbocycles. The standard InChI is InChI=1S/C5H12O2/c1-4(6)5(2)7-3/h4-6H,1-3H3/t4-,5-/m0/s1. The molecule has 0 aromatic heterocycles. The first-order chi connectivity index (χ1) is 3.18. The summed E-state index contributed by atoms with van der Waals surface area (Å²) in [4.78, 5) is 0. The van der Waals surface area contributed by atoms with Crippen molar-refractivity contribution in [1.29, 1.82) is 0 Å². The molecule has 2 nitrogen and oxygen atoms in total. The zero-order valence-electron chi connectivity index (χ0n) is 5.01. The molecule has 0 heterocycles. The van der Waals surface area contributed by atoms with Gasteiger partial charge in [0.05, 0.1) is 12.2 Å². The molecule has 0 radical (unpaired) electrons. The summed E-state index contributed by atoms with van der Waals surface area (Å²) in [5.41, 5.74) is 0. The number of ether oxygens (including phenoxy) is 1. The Hall–Kier alpha value is -0.0800. The summed E-state index contributed by atoms with van der Waals surface area (Å²) in [5.74, 6) is 0. The van der Waals surface area contributed by atoms with Crippen LogP contribution in [0.5, 0.6) is 0 Å². The van der Waals surface area contributed by atoms with Crippen molar-refractivity contribution < 1.29 is 9.84 Å². The number of methoxy groups -OCH3 is 1. The number of rotatable bonds is 2. The van der Waals surface area contributed by atoms with Crippen molar-refractivity contribution >= 4 is 0 Å². The second kappa shape index (κ2) is 2.99. The summed E-state index contributed by atoms with van der Waals surface area (Å²) in [5, 5.41) is 8.70. The van der Waals surface area contributed by atoms with Crippen LogP contribution in [0.4, 0.5) is 0 Å². The van der Waals surface area contributed by atoms with Crippen LogP contribution in [0.1, 0.15) is 13.8 Å². The summed E-state index contributed by atoms with van der Waals surface area (Å²) >= 11 is 0. The number of aliphatic hydroxyl groups is 1. The Morgan fingerprint density at radius 1 is 1.43 bits per heavy atom. The SMILES string of the molecule is CO[C@@H](C)[C@H](C)O. The van der Waals surface area contributed by atoms with Gasteiger partial charge in [0.2, 0.25) is 0 Å². The van der Waals surface area contributed by atoms with Crippen LogP contribution >= 0.6 is 0 Å². The van der Waals surface area contributed by atoms with Crippen LogP contribution < -0.4 is 0 Å². The second-order valence-corrected chi connectivity index (χ2v) is 1.68. The average Bonchev–Trinajstić information content (AvgIpc) is 1.65. The van der Waals surface area contributed by atoms with E-state index in [1.807, 2.05) is 6.92 Å². The average molecular weight is 104 g/mol. The van der Waals surface area contributed by atoms with Crippen molar-refractivity contribution in [2.75, 3.05) is 7.11 Å². The molecule has 0 saturated carbocycles. The monoisotopic (exact) mass is 104 g/mol. The van der Waals surface area contributed by atoms with Crippen LogP contribution in [-0.2, 0) is 4.74 Å². The van der Waals surface area contributed by atoms with E-state index in [0.29, 0.717) is 0 Å². The number of hydrogen-bond donors (Lipinski definition) is 1. The van der Waals surface area contributed by atoms with Crippen molar-refractivity contribution in [3.63, 3.8) is 0 Å².